The number of rotatable bonds is 4. The lowest BCUT2D eigenvalue weighted by molar-refractivity contribution is 0.346. The summed E-state index contributed by atoms with van der Waals surface area (Å²) < 4.78 is 5.44. The molecule has 0 amide bonds. The van der Waals surface area contributed by atoms with Gasteiger partial charge in [0.1, 0.15) is 0 Å². The average molecular weight is 271 g/mol. The summed E-state index contributed by atoms with van der Waals surface area (Å²) in [4.78, 5) is 4.58. The van der Waals surface area contributed by atoms with Gasteiger partial charge < -0.3 is 9.84 Å². The van der Waals surface area contributed by atoms with Gasteiger partial charge in [0, 0.05) is 6.42 Å². The first-order chi connectivity index (χ1) is 9.83. The van der Waals surface area contributed by atoms with Crippen LogP contribution in [-0.4, -0.2) is 23.2 Å². The van der Waals surface area contributed by atoms with Gasteiger partial charge in [-0.3, -0.25) is 0 Å². The Morgan fingerprint density at radius 2 is 2.20 bits per heavy atom. The summed E-state index contributed by atoms with van der Waals surface area (Å²) in [5.41, 5.74) is 1.21. The minimum atomic E-state index is 0.155. The zero-order valence-corrected chi connectivity index (χ0v) is 11.9. The van der Waals surface area contributed by atoms with Crippen molar-refractivity contribution in [2.24, 2.45) is 5.92 Å². The molecule has 1 saturated heterocycles. The van der Waals surface area contributed by atoms with Crippen molar-refractivity contribution in [2.45, 2.75) is 32.1 Å². The zero-order chi connectivity index (χ0) is 13.8. The predicted molar refractivity (Wildman–Crippen MR) is 77.6 cm³/mol. The summed E-state index contributed by atoms with van der Waals surface area (Å²) in [6.45, 7) is 4.31. The Morgan fingerprint density at radius 3 is 2.95 bits per heavy atom. The maximum atomic E-state index is 5.44. The average Bonchev–Trinajstić information content (AvgIpc) is 2.97. The first kappa shape index (κ1) is 13.3. The van der Waals surface area contributed by atoms with E-state index in [2.05, 4.69) is 34.5 Å². The van der Waals surface area contributed by atoms with E-state index in [1.54, 1.807) is 0 Å². The van der Waals surface area contributed by atoms with Crippen molar-refractivity contribution < 1.29 is 4.52 Å². The van der Waals surface area contributed by atoms with Crippen molar-refractivity contribution in [3.8, 4) is 0 Å². The van der Waals surface area contributed by atoms with Crippen molar-refractivity contribution in [3.63, 3.8) is 0 Å². The Morgan fingerprint density at radius 1 is 1.35 bits per heavy atom. The van der Waals surface area contributed by atoms with Gasteiger partial charge >= 0.3 is 0 Å². The quantitative estimate of drug-likeness (QED) is 0.929. The Hall–Kier alpha value is -1.68. The SMILES string of the molecule is CC(c1ccccc1)c1nc(CC2CCCNC2)no1. The second kappa shape index (κ2) is 6.18. The molecule has 4 heteroatoms. The van der Waals surface area contributed by atoms with Gasteiger partial charge in [-0.2, -0.15) is 4.98 Å². The molecule has 1 aliphatic rings. The largest absolute Gasteiger partial charge is 0.339 e. The molecule has 106 valence electrons. The molecular weight excluding hydrogens is 250 g/mol. The third-order valence-corrected chi connectivity index (χ3v) is 4.02. The van der Waals surface area contributed by atoms with Crippen molar-refractivity contribution in [3.05, 3.63) is 47.6 Å². The highest BCUT2D eigenvalue weighted by atomic mass is 16.5. The lowest BCUT2D eigenvalue weighted by Crippen LogP contribution is -2.31. The van der Waals surface area contributed by atoms with Crippen LogP contribution in [0.4, 0.5) is 0 Å². The molecule has 1 N–H and O–H groups in total. The molecule has 1 aliphatic heterocycles. The van der Waals surface area contributed by atoms with E-state index in [1.807, 2.05) is 18.2 Å². The van der Waals surface area contributed by atoms with E-state index < -0.39 is 0 Å². The Balaban J connectivity index is 1.67. The lowest BCUT2D eigenvalue weighted by atomic mass is 9.96. The topological polar surface area (TPSA) is 51.0 Å². The molecule has 2 heterocycles. The van der Waals surface area contributed by atoms with Gasteiger partial charge in [0.05, 0.1) is 5.92 Å². The number of piperidine rings is 1. The van der Waals surface area contributed by atoms with Crippen LogP contribution in [0, 0.1) is 5.92 Å². The van der Waals surface area contributed by atoms with E-state index >= 15 is 0 Å². The minimum absolute atomic E-state index is 0.155. The zero-order valence-electron chi connectivity index (χ0n) is 11.9. The highest BCUT2D eigenvalue weighted by Crippen LogP contribution is 2.23. The van der Waals surface area contributed by atoms with Crippen molar-refractivity contribution in [1.82, 2.24) is 15.5 Å². The molecule has 0 saturated carbocycles. The maximum Gasteiger partial charge on any atom is 0.233 e. The van der Waals surface area contributed by atoms with E-state index in [0.717, 1.165) is 31.2 Å². The van der Waals surface area contributed by atoms with Gasteiger partial charge in [0.15, 0.2) is 5.82 Å². The van der Waals surface area contributed by atoms with Crippen molar-refractivity contribution in [2.75, 3.05) is 13.1 Å². The van der Waals surface area contributed by atoms with Crippen LogP contribution >= 0.6 is 0 Å². The lowest BCUT2D eigenvalue weighted by Gasteiger charge is -2.20. The van der Waals surface area contributed by atoms with Crippen molar-refractivity contribution in [1.29, 1.82) is 0 Å². The fraction of sp³-hybridized carbons (Fsp3) is 0.500. The summed E-state index contributed by atoms with van der Waals surface area (Å²) in [5, 5.41) is 7.57. The second-order valence-corrected chi connectivity index (χ2v) is 5.60. The molecule has 1 fully saturated rings. The molecule has 0 bridgehead atoms. The fourth-order valence-electron chi connectivity index (χ4n) is 2.77. The Kier molecular flexibility index (Phi) is 4.11. The van der Waals surface area contributed by atoms with Crippen LogP contribution in [0.15, 0.2) is 34.9 Å². The van der Waals surface area contributed by atoms with Crippen LogP contribution in [-0.2, 0) is 6.42 Å². The van der Waals surface area contributed by atoms with Gasteiger partial charge in [-0.25, -0.2) is 0 Å². The number of nitrogens with zero attached hydrogens (tertiary/aromatic N) is 2. The van der Waals surface area contributed by atoms with Crippen LogP contribution in [0.25, 0.3) is 0 Å². The number of benzene rings is 1. The third-order valence-electron chi connectivity index (χ3n) is 4.02. The standard InChI is InChI=1S/C16H21N3O/c1-12(14-7-3-2-4-8-14)16-18-15(19-20-16)10-13-6-5-9-17-11-13/h2-4,7-8,12-13,17H,5-6,9-11H2,1H3. The smallest absolute Gasteiger partial charge is 0.233 e. The van der Waals surface area contributed by atoms with Gasteiger partial charge in [-0.15, -0.1) is 0 Å². The first-order valence-corrected chi connectivity index (χ1v) is 7.41. The van der Waals surface area contributed by atoms with Crippen LogP contribution < -0.4 is 5.32 Å². The van der Waals surface area contributed by atoms with Gasteiger partial charge in [0.2, 0.25) is 5.89 Å². The third kappa shape index (κ3) is 3.07. The molecule has 2 aromatic rings. The molecule has 0 spiro atoms. The normalized spacial score (nSPS) is 20.8. The van der Waals surface area contributed by atoms with Crippen LogP contribution in [0.5, 0.6) is 0 Å². The summed E-state index contributed by atoms with van der Waals surface area (Å²) in [7, 11) is 0. The molecule has 1 aromatic heterocycles. The molecule has 0 aliphatic carbocycles. The Labute approximate surface area is 119 Å². The van der Waals surface area contributed by atoms with Gasteiger partial charge in [-0.05, 0) is 44.3 Å². The summed E-state index contributed by atoms with van der Waals surface area (Å²) in [5.74, 6) is 2.36. The predicted octanol–water partition coefficient (Wildman–Crippen LogP) is 2.76. The van der Waals surface area contributed by atoms with Crippen LogP contribution in [0.2, 0.25) is 0 Å². The molecular formula is C16H21N3O. The van der Waals surface area contributed by atoms with E-state index in [4.69, 9.17) is 4.52 Å². The van der Waals surface area contributed by atoms with Crippen LogP contribution in [0.1, 0.15) is 43.0 Å². The molecule has 0 radical (unpaired) electrons. The highest BCUT2D eigenvalue weighted by molar-refractivity contribution is 5.23. The monoisotopic (exact) mass is 271 g/mol. The highest BCUT2D eigenvalue weighted by Gasteiger charge is 2.19. The van der Waals surface area contributed by atoms with Crippen molar-refractivity contribution >= 4 is 0 Å². The number of hydrogen-bond acceptors (Lipinski definition) is 4. The minimum Gasteiger partial charge on any atom is -0.339 e. The first-order valence-electron chi connectivity index (χ1n) is 7.41. The van der Waals surface area contributed by atoms with Crippen LogP contribution in [0.3, 0.4) is 0 Å². The summed E-state index contributed by atoms with van der Waals surface area (Å²) >= 11 is 0. The summed E-state index contributed by atoms with van der Waals surface area (Å²) in [6.07, 6.45) is 3.42. The Bertz CT molecular complexity index is 532. The molecule has 2 atom stereocenters. The van der Waals surface area contributed by atoms with E-state index in [-0.39, 0.29) is 5.92 Å². The molecule has 2 unspecified atom stereocenters. The van der Waals surface area contributed by atoms with E-state index in [9.17, 15) is 0 Å². The molecule has 1 aromatic carbocycles. The number of hydrogen-bond donors (Lipinski definition) is 1. The van der Waals surface area contributed by atoms with Gasteiger partial charge in [-0.1, -0.05) is 35.5 Å². The molecule has 4 nitrogen and oxygen atoms in total. The number of nitrogens with one attached hydrogen (secondary N) is 1. The maximum absolute atomic E-state index is 5.44. The molecule has 20 heavy (non-hydrogen) atoms. The fourth-order valence-corrected chi connectivity index (χ4v) is 2.77. The van der Waals surface area contributed by atoms with E-state index in [0.29, 0.717) is 5.92 Å². The second-order valence-electron chi connectivity index (χ2n) is 5.60. The van der Waals surface area contributed by atoms with E-state index in [1.165, 1.54) is 18.4 Å². The number of aromatic nitrogens is 2. The summed E-state index contributed by atoms with van der Waals surface area (Å²) in [6, 6.07) is 10.3. The molecule has 3 rings (SSSR count). The van der Waals surface area contributed by atoms with Gasteiger partial charge in [0.25, 0.3) is 0 Å².